The number of carboxylic acid groups (broad SMARTS) is 1. The molecule has 0 heterocycles. The van der Waals surface area contributed by atoms with Crippen molar-refractivity contribution < 1.29 is 19.4 Å². The number of esters is 1. The van der Waals surface area contributed by atoms with Crippen LogP contribution in [-0.4, -0.2) is 23.1 Å². The molecule has 4 nitrogen and oxygen atoms in total. The van der Waals surface area contributed by atoms with Crippen molar-refractivity contribution in [1.82, 2.24) is 0 Å². The van der Waals surface area contributed by atoms with Gasteiger partial charge in [0, 0.05) is 12.8 Å². The molecule has 0 spiro atoms. The number of rotatable bonds is 25. The number of carboxylic acids is 1. The fourth-order valence-electron chi connectivity index (χ4n) is 3.79. The number of carbonyl (C=O) groups is 2. The van der Waals surface area contributed by atoms with Gasteiger partial charge in [0.15, 0.2) is 0 Å². The molecule has 0 aliphatic carbocycles. The third-order valence-electron chi connectivity index (χ3n) is 5.96. The molecule has 1 unspecified atom stereocenters. The summed E-state index contributed by atoms with van der Waals surface area (Å²) in [4.78, 5) is 22.9. The molecule has 0 aromatic carbocycles. The van der Waals surface area contributed by atoms with Crippen LogP contribution < -0.4 is 0 Å². The molecule has 0 saturated carbocycles. The van der Waals surface area contributed by atoms with Crippen LogP contribution in [0, 0.1) is 0 Å². The Morgan fingerprint density at radius 3 is 1.55 bits per heavy atom. The first-order chi connectivity index (χ1) is 18.6. The third-order valence-corrected chi connectivity index (χ3v) is 5.96. The number of carbonyl (C=O) groups excluding carboxylic acids is 1. The van der Waals surface area contributed by atoms with Crippen LogP contribution in [-0.2, 0) is 14.3 Å². The summed E-state index contributed by atoms with van der Waals surface area (Å²) in [6, 6.07) is 0. The van der Waals surface area contributed by atoms with E-state index in [0.717, 1.165) is 83.5 Å². The smallest absolute Gasteiger partial charge is 0.306 e. The van der Waals surface area contributed by atoms with Crippen LogP contribution >= 0.6 is 0 Å². The topological polar surface area (TPSA) is 63.6 Å². The maximum Gasteiger partial charge on any atom is 0.306 e. The molecular weight excluding hydrogens is 472 g/mol. The molecule has 38 heavy (non-hydrogen) atoms. The molecule has 0 saturated heterocycles. The van der Waals surface area contributed by atoms with Crippen molar-refractivity contribution in [2.45, 2.75) is 129 Å². The molecule has 0 aliphatic rings. The van der Waals surface area contributed by atoms with Gasteiger partial charge in [0.2, 0.25) is 0 Å². The zero-order chi connectivity index (χ0) is 27.9. The van der Waals surface area contributed by atoms with E-state index in [1.54, 1.807) is 0 Å². The van der Waals surface area contributed by atoms with Gasteiger partial charge in [-0.05, 0) is 77.0 Å². The summed E-state index contributed by atoms with van der Waals surface area (Å²) in [7, 11) is 0. The van der Waals surface area contributed by atoms with Crippen molar-refractivity contribution in [2.24, 2.45) is 0 Å². The fourth-order valence-corrected chi connectivity index (χ4v) is 3.79. The van der Waals surface area contributed by atoms with Crippen molar-refractivity contribution in [2.75, 3.05) is 0 Å². The SMILES string of the molecule is CC/C=C\C/C=C\C/C=C\C/C=C\C/C=C\C/C=C\CCC(=O)OC(CCCCC)CCCCCC(=O)O. The van der Waals surface area contributed by atoms with Crippen molar-refractivity contribution in [3.8, 4) is 0 Å². The van der Waals surface area contributed by atoms with Crippen LogP contribution in [0.1, 0.15) is 123 Å². The Bertz CT molecular complexity index is 740. The van der Waals surface area contributed by atoms with Crippen molar-refractivity contribution in [3.63, 3.8) is 0 Å². The summed E-state index contributed by atoms with van der Waals surface area (Å²) < 4.78 is 5.74. The molecule has 0 fully saturated rings. The Morgan fingerprint density at radius 2 is 1.08 bits per heavy atom. The second-order valence-corrected chi connectivity index (χ2v) is 9.55. The number of unbranched alkanes of at least 4 members (excludes halogenated alkanes) is 4. The van der Waals surface area contributed by atoms with Crippen LogP contribution in [0.2, 0.25) is 0 Å². The molecule has 0 amide bonds. The molecule has 0 aromatic rings. The van der Waals surface area contributed by atoms with Gasteiger partial charge in [0.25, 0.3) is 0 Å². The summed E-state index contributed by atoms with van der Waals surface area (Å²) in [5.74, 6) is -0.873. The van der Waals surface area contributed by atoms with Gasteiger partial charge < -0.3 is 9.84 Å². The summed E-state index contributed by atoms with van der Waals surface area (Å²) in [5.41, 5.74) is 0. The molecule has 1 atom stereocenters. The maximum atomic E-state index is 12.3. The number of allylic oxidation sites excluding steroid dienone is 12. The molecule has 4 heteroatoms. The average Bonchev–Trinajstić information content (AvgIpc) is 2.89. The van der Waals surface area contributed by atoms with Gasteiger partial charge in [0.1, 0.15) is 6.10 Å². The fraction of sp³-hybridized carbons (Fsp3) is 0.588. The number of hydrogen-bond acceptors (Lipinski definition) is 3. The van der Waals surface area contributed by atoms with E-state index in [4.69, 9.17) is 9.84 Å². The lowest BCUT2D eigenvalue weighted by molar-refractivity contribution is -0.149. The molecular formula is C34H54O4. The lowest BCUT2D eigenvalue weighted by atomic mass is 10.0. The lowest BCUT2D eigenvalue weighted by Gasteiger charge is -2.18. The van der Waals surface area contributed by atoms with E-state index in [0.29, 0.717) is 19.3 Å². The largest absolute Gasteiger partial charge is 0.481 e. The predicted molar refractivity (Wildman–Crippen MR) is 162 cm³/mol. The molecule has 0 aromatic heterocycles. The van der Waals surface area contributed by atoms with E-state index in [1.807, 2.05) is 0 Å². The first kappa shape index (κ1) is 35.4. The van der Waals surface area contributed by atoms with E-state index >= 15 is 0 Å². The summed E-state index contributed by atoms with van der Waals surface area (Å²) in [6.07, 6.45) is 40.8. The molecule has 214 valence electrons. The summed E-state index contributed by atoms with van der Waals surface area (Å²) >= 11 is 0. The molecule has 0 aliphatic heterocycles. The van der Waals surface area contributed by atoms with Gasteiger partial charge in [-0.15, -0.1) is 0 Å². The highest BCUT2D eigenvalue weighted by Crippen LogP contribution is 2.16. The van der Waals surface area contributed by atoms with Crippen LogP contribution in [0.3, 0.4) is 0 Å². The Hall–Kier alpha value is -2.62. The molecule has 1 N–H and O–H groups in total. The third kappa shape index (κ3) is 28.0. The average molecular weight is 527 g/mol. The highest BCUT2D eigenvalue weighted by molar-refractivity contribution is 5.69. The van der Waals surface area contributed by atoms with E-state index in [2.05, 4.69) is 86.8 Å². The Balaban J connectivity index is 3.95. The highest BCUT2D eigenvalue weighted by atomic mass is 16.5. The summed E-state index contributed by atoms with van der Waals surface area (Å²) in [6.45, 7) is 4.32. The van der Waals surface area contributed by atoms with Crippen LogP contribution in [0.15, 0.2) is 72.9 Å². The Labute approximate surface area is 233 Å². The Kier molecular flexibility index (Phi) is 26.9. The standard InChI is InChI=1S/C34H54O4/c1-3-5-7-8-9-10-11-12-13-14-15-16-17-18-19-20-21-22-27-31-34(37)38-32(28-24-6-4-2)29-25-23-26-30-33(35)36/h5,7,9-10,12-13,15-16,18-19,21-22,32H,3-4,6,8,11,14,17,20,23-31H2,1-2H3,(H,35,36)/b7-5-,10-9-,13-12-,16-15-,19-18-,22-21-. The normalized spacial score (nSPS) is 13.3. The van der Waals surface area contributed by atoms with Crippen molar-refractivity contribution >= 4 is 11.9 Å². The van der Waals surface area contributed by atoms with E-state index in [-0.39, 0.29) is 18.5 Å². The van der Waals surface area contributed by atoms with Gasteiger partial charge in [0.05, 0.1) is 0 Å². The minimum Gasteiger partial charge on any atom is -0.481 e. The molecule has 0 radical (unpaired) electrons. The minimum atomic E-state index is -0.745. The molecule has 0 bridgehead atoms. The van der Waals surface area contributed by atoms with Gasteiger partial charge in [-0.3, -0.25) is 9.59 Å². The minimum absolute atomic E-state index is 0.0378. The van der Waals surface area contributed by atoms with E-state index < -0.39 is 5.97 Å². The van der Waals surface area contributed by atoms with Gasteiger partial charge in [-0.25, -0.2) is 0 Å². The zero-order valence-electron chi connectivity index (χ0n) is 24.2. The lowest BCUT2D eigenvalue weighted by Crippen LogP contribution is -2.18. The zero-order valence-corrected chi connectivity index (χ0v) is 24.2. The van der Waals surface area contributed by atoms with Crippen molar-refractivity contribution in [3.05, 3.63) is 72.9 Å². The first-order valence-corrected chi connectivity index (χ1v) is 14.9. The Morgan fingerprint density at radius 1 is 0.605 bits per heavy atom. The second kappa shape index (κ2) is 28.9. The van der Waals surface area contributed by atoms with Gasteiger partial charge in [-0.1, -0.05) is 106 Å². The first-order valence-electron chi connectivity index (χ1n) is 14.9. The van der Waals surface area contributed by atoms with E-state index in [1.165, 1.54) is 0 Å². The van der Waals surface area contributed by atoms with Gasteiger partial charge >= 0.3 is 11.9 Å². The highest BCUT2D eigenvalue weighted by Gasteiger charge is 2.13. The number of aliphatic carboxylic acids is 1. The number of ether oxygens (including phenoxy) is 1. The van der Waals surface area contributed by atoms with Crippen LogP contribution in [0.25, 0.3) is 0 Å². The van der Waals surface area contributed by atoms with Crippen LogP contribution in [0.4, 0.5) is 0 Å². The quantitative estimate of drug-likeness (QED) is 0.0730. The van der Waals surface area contributed by atoms with Crippen molar-refractivity contribution in [1.29, 1.82) is 0 Å². The van der Waals surface area contributed by atoms with E-state index in [9.17, 15) is 9.59 Å². The van der Waals surface area contributed by atoms with Gasteiger partial charge in [-0.2, -0.15) is 0 Å². The molecule has 0 rings (SSSR count). The number of hydrogen-bond donors (Lipinski definition) is 1. The monoisotopic (exact) mass is 526 g/mol. The summed E-state index contributed by atoms with van der Waals surface area (Å²) in [5, 5.41) is 8.75. The maximum absolute atomic E-state index is 12.3. The van der Waals surface area contributed by atoms with Crippen LogP contribution in [0.5, 0.6) is 0 Å². The predicted octanol–water partition coefficient (Wildman–Crippen LogP) is 9.99. The second-order valence-electron chi connectivity index (χ2n) is 9.55.